The molecule has 1 N–H and O–H groups in total. The van der Waals surface area contributed by atoms with Crippen LogP contribution in [0, 0.1) is 5.82 Å². The highest BCUT2D eigenvalue weighted by Gasteiger charge is 2.16. The summed E-state index contributed by atoms with van der Waals surface area (Å²) in [7, 11) is 2.70. The average Bonchev–Trinajstić information content (AvgIpc) is 3.36. The van der Waals surface area contributed by atoms with Crippen LogP contribution in [-0.4, -0.2) is 45.4 Å². The van der Waals surface area contributed by atoms with E-state index in [1.165, 1.54) is 37.0 Å². The Morgan fingerprint density at radius 2 is 1.88 bits per heavy atom. The van der Waals surface area contributed by atoms with E-state index in [1.807, 2.05) is 24.3 Å². The van der Waals surface area contributed by atoms with Crippen LogP contribution in [0.15, 0.2) is 59.4 Å². The zero-order valence-electron chi connectivity index (χ0n) is 17.9. The summed E-state index contributed by atoms with van der Waals surface area (Å²) in [5, 5.41) is 14.0. The van der Waals surface area contributed by atoms with Gasteiger partial charge in [-0.3, -0.25) is 4.79 Å². The van der Waals surface area contributed by atoms with Gasteiger partial charge in [-0.1, -0.05) is 36.4 Å². The monoisotopic (exact) mass is 449 g/mol. The summed E-state index contributed by atoms with van der Waals surface area (Å²) in [6, 6.07) is 14.8. The van der Waals surface area contributed by atoms with Crippen molar-refractivity contribution in [2.75, 3.05) is 14.2 Å². The number of halogens is 1. The number of methoxy groups -OCH3 is 2. The first-order valence-corrected chi connectivity index (χ1v) is 9.94. The number of rotatable bonds is 7. The summed E-state index contributed by atoms with van der Waals surface area (Å²) in [4.78, 5) is 24.5. The molecule has 0 bridgehead atoms. The van der Waals surface area contributed by atoms with E-state index in [1.54, 1.807) is 12.1 Å². The highest BCUT2D eigenvalue weighted by Crippen LogP contribution is 2.30. The van der Waals surface area contributed by atoms with Gasteiger partial charge in [-0.2, -0.15) is 5.21 Å². The van der Waals surface area contributed by atoms with Gasteiger partial charge in [-0.15, -0.1) is 10.2 Å². The summed E-state index contributed by atoms with van der Waals surface area (Å²) in [6.45, 7) is 0.0371. The fourth-order valence-electron chi connectivity index (χ4n) is 3.55. The molecule has 4 rings (SSSR count). The van der Waals surface area contributed by atoms with Crippen molar-refractivity contribution in [3.63, 3.8) is 0 Å². The minimum atomic E-state index is -0.632. The molecule has 168 valence electrons. The molecule has 0 aliphatic rings. The maximum absolute atomic E-state index is 15.1. The van der Waals surface area contributed by atoms with Crippen LogP contribution in [0.25, 0.3) is 22.5 Å². The van der Waals surface area contributed by atoms with Gasteiger partial charge in [-0.05, 0) is 28.5 Å². The number of benzene rings is 2. The standard InChI is InChI=1S/C23H20FN5O4/c1-32-13-17-9-16(23(31)33-2)11-21(30)29(17)12-15-8-7-14(10-20(15)24)18-5-3-4-6-19(18)22-25-27-28-26-22/h3-11H,12-13H2,1-2H3,(H,25,26,27,28). The van der Waals surface area contributed by atoms with E-state index in [4.69, 9.17) is 9.47 Å². The zero-order chi connectivity index (χ0) is 23.4. The molecule has 2 heterocycles. The van der Waals surface area contributed by atoms with Crippen LogP contribution in [0.5, 0.6) is 0 Å². The van der Waals surface area contributed by atoms with Crippen LogP contribution in [0.2, 0.25) is 0 Å². The topological polar surface area (TPSA) is 112 Å². The molecule has 0 atom stereocenters. The number of aromatic amines is 1. The number of esters is 1. The molecule has 0 saturated heterocycles. The molecule has 0 amide bonds. The van der Waals surface area contributed by atoms with Gasteiger partial charge in [0.15, 0.2) is 0 Å². The van der Waals surface area contributed by atoms with Gasteiger partial charge >= 0.3 is 5.97 Å². The van der Waals surface area contributed by atoms with Crippen molar-refractivity contribution in [2.24, 2.45) is 0 Å². The largest absolute Gasteiger partial charge is 0.465 e. The molecule has 9 nitrogen and oxygen atoms in total. The first-order chi connectivity index (χ1) is 16.0. The molecule has 0 unspecified atom stereocenters. The van der Waals surface area contributed by atoms with Crippen molar-refractivity contribution >= 4 is 5.97 Å². The van der Waals surface area contributed by atoms with E-state index in [2.05, 4.69) is 20.6 Å². The summed E-state index contributed by atoms with van der Waals surface area (Å²) in [6.07, 6.45) is 0. The third-order valence-corrected chi connectivity index (χ3v) is 5.13. The highest BCUT2D eigenvalue weighted by atomic mass is 19.1. The van der Waals surface area contributed by atoms with Crippen molar-refractivity contribution in [3.05, 3.63) is 87.6 Å². The van der Waals surface area contributed by atoms with Gasteiger partial charge in [0.05, 0.1) is 25.8 Å². The maximum Gasteiger partial charge on any atom is 0.338 e. The lowest BCUT2D eigenvalue weighted by Crippen LogP contribution is -2.26. The quantitative estimate of drug-likeness (QED) is 0.432. The molecule has 0 aliphatic heterocycles. The van der Waals surface area contributed by atoms with Crippen LogP contribution in [0.1, 0.15) is 21.6 Å². The van der Waals surface area contributed by atoms with E-state index in [9.17, 15) is 9.59 Å². The van der Waals surface area contributed by atoms with Crippen molar-refractivity contribution < 1.29 is 18.7 Å². The molecular weight excluding hydrogens is 429 g/mol. The average molecular weight is 449 g/mol. The minimum Gasteiger partial charge on any atom is -0.465 e. The van der Waals surface area contributed by atoms with Crippen LogP contribution < -0.4 is 5.56 Å². The van der Waals surface area contributed by atoms with Gasteiger partial charge in [0.2, 0.25) is 5.82 Å². The van der Waals surface area contributed by atoms with E-state index < -0.39 is 17.3 Å². The van der Waals surface area contributed by atoms with Crippen LogP contribution in [0.4, 0.5) is 4.39 Å². The van der Waals surface area contributed by atoms with Gasteiger partial charge in [0, 0.05) is 30.0 Å². The van der Waals surface area contributed by atoms with E-state index in [0.29, 0.717) is 28.2 Å². The number of H-pyrrole nitrogens is 1. The Morgan fingerprint density at radius 3 is 2.55 bits per heavy atom. The van der Waals surface area contributed by atoms with E-state index in [-0.39, 0.29) is 18.7 Å². The number of aromatic nitrogens is 5. The van der Waals surface area contributed by atoms with Crippen molar-refractivity contribution in [2.45, 2.75) is 13.2 Å². The lowest BCUT2D eigenvalue weighted by Gasteiger charge is -2.15. The zero-order valence-corrected chi connectivity index (χ0v) is 17.9. The molecular formula is C23H20FN5O4. The second-order valence-corrected chi connectivity index (χ2v) is 7.17. The number of nitrogens with one attached hydrogen (secondary N) is 1. The number of carbonyl (C=O) groups is 1. The van der Waals surface area contributed by atoms with Crippen LogP contribution in [-0.2, 0) is 22.6 Å². The summed E-state index contributed by atoms with van der Waals surface area (Å²) < 4.78 is 26.3. The Bertz CT molecular complexity index is 1350. The number of ether oxygens (including phenoxy) is 2. The Balaban J connectivity index is 1.70. The fourth-order valence-corrected chi connectivity index (χ4v) is 3.55. The smallest absolute Gasteiger partial charge is 0.338 e. The van der Waals surface area contributed by atoms with Crippen molar-refractivity contribution in [1.29, 1.82) is 0 Å². The first-order valence-electron chi connectivity index (χ1n) is 9.94. The Morgan fingerprint density at radius 1 is 1.09 bits per heavy atom. The predicted octanol–water partition coefficient (Wildman–Crippen LogP) is 2.82. The SMILES string of the molecule is COCc1cc(C(=O)OC)cc(=O)n1Cc1ccc(-c2ccccc2-c2nn[nH]n2)cc1F. The Labute approximate surface area is 187 Å². The van der Waals surface area contributed by atoms with Gasteiger partial charge in [-0.25, -0.2) is 9.18 Å². The van der Waals surface area contributed by atoms with Gasteiger partial charge < -0.3 is 14.0 Å². The lowest BCUT2D eigenvalue weighted by atomic mass is 9.98. The van der Waals surface area contributed by atoms with Crippen LogP contribution >= 0.6 is 0 Å². The molecule has 2 aromatic heterocycles. The first kappa shape index (κ1) is 22.0. The summed E-state index contributed by atoms with van der Waals surface area (Å²) in [5.41, 5.74) is 2.45. The number of nitrogens with zero attached hydrogens (tertiary/aromatic N) is 4. The number of pyridine rings is 1. The fraction of sp³-hybridized carbons (Fsp3) is 0.174. The third-order valence-electron chi connectivity index (χ3n) is 5.13. The molecule has 4 aromatic rings. The van der Waals surface area contributed by atoms with E-state index >= 15 is 4.39 Å². The molecule has 0 radical (unpaired) electrons. The minimum absolute atomic E-state index is 0.0302. The third kappa shape index (κ3) is 4.55. The summed E-state index contributed by atoms with van der Waals surface area (Å²) in [5.74, 6) is -0.716. The number of carbonyl (C=O) groups excluding carboxylic acids is 1. The lowest BCUT2D eigenvalue weighted by molar-refractivity contribution is 0.0599. The Hall–Kier alpha value is -4.18. The molecule has 0 saturated carbocycles. The molecule has 0 aliphatic carbocycles. The molecule has 0 spiro atoms. The second-order valence-electron chi connectivity index (χ2n) is 7.17. The maximum atomic E-state index is 15.1. The predicted molar refractivity (Wildman–Crippen MR) is 117 cm³/mol. The Kier molecular flexibility index (Phi) is 6.36. The molecule has 2 aromatic carbocycles. The van der Waals surface area contributed by atoms with Crippen molar-refractivity contribution in [1.82, 2.24) is 25.2 Å². The summed E-state index contributed by atoms with van der Waals surface area (Å²) >= 11 is 0. The van der Waals surface area contributed by atoms with Gasteiger partial charge in [0.25, 0.3) is 5.56 Å². The van der Waals surface area contributed by atoms with Gasteiger partial charge in [0.1, 0.15) is 5.82 Å². The van der Waals surface area contributed by atoms with Crippen LogP contribution in [0.3, 0.4) is 0 Å². The van der Waals surface area contributed by atoms with Crippen molar-refractivity contribution in [3.8, 4) is 22.5 Å². The molecule has 10 heteroatoms. The molecule has 33 heavy (non-hydrogen) atoms. The number of hydrogen-bond acceptors (Lipinski definition) is 7. The molecule has 0 fully saturated rings. The second kappa shape index (κ2) is 9.53. The highest BCUT2D eigenvalue weighted by molar-refractivity contribution is 5.89. The number of tetrazole rings is 1. The van der Waals surface area contributed by atoms with E-state index in [0.717, 1.165) is 5.56 Å². The normalized spacial score (nSPS) is 10.9. The number of hydrogen-bond donors (Lipinski definition) is 1.